The van der Waals surface area contributed by atoms with Crippen molar-refractivity contribution < 1.29 is 4.74 Å². The quantitative estimate of drug-likeness (QED) is 0.775. The third-order valence-electron chi connectivity index (χ3n) is 2.64. The number of anilines is 1. The van der Waals surface area contributed by atoms with E-state index in [-0.39, 0.29) is 0 Å². The molecule has 3 nitrogen and oxygen atoms in total. The lowest BCUT2D eigenvalue weighted by atomic mass is 10.2. The molecule has 0 aliphatic carbocycles. The van der Waals surface area contributed by atoms with Gasteiger partial charge in [0.2, 0.25) is 0 Å². The molecule has 0 amide bonds. The van der Waals surface area contributed by atoms with E-state index in [2.05, 4.69) is 4.98 Å². The van der Waals surface area contributed by atoms with Crippen LogP contribution in [0.5, 0.6) is 11.5 Å². The Morgan fingerprint density at radius 1 is 0.895 bits per heavy atom. The molecule has 1 heterocycles. The average Bonchev–Trinajstić information content (AvgIpc) is 2.87. The van der Waals surface area contributed by atoms with E-state index in [0.29, 0.717) is 5.13 Å². The van der Waals surface area contributed by atoms with Crippen LogP contribution in [0.4, 0.5) is 5.13 Å². The lowest BCUT2D eigenvalue weighted by Gasteiger charge is -2.05. The summed E-state index contributed by atoms with van der Waals surface area (Å²) in [6.45, 7) is 0. The first-order valence-electron chi connectivity index (χ1n) is 5.86. The van der Waals surface area contributed by atoms with Crippen LogP contribution in [0.25, 0.3) is 10.4 Å². The number of nitrogen functional groups attached to an aromatic ring is 1. The van der Waals surface area contributed by atoms with Gasteiger partial charge in [0.05, 0.1) is 4.88 Å². The highest BCUT2D eigenvalue weighted by atomic mass is 32.1. The van der Waals surface area contributed by atoms with Crippen molar-refractivity contribution in [2.24, 2.45) is 0 Å². The zero-order valence-electron chi connectivity index (χ0n) is 10.1. The SMILES string of the molecule is Nc1ncc(-c2ccc(Oc3ccccc3)cc2)s1. The molecule has 0 atom stereocenters. The molecule has 4 heteroatoms. The number of nitrogens with zero attached hydrogens (tertiary/aromatic N) is 1. The van der Waals surface area contributed by atoms with E-state index in [4.69, 9.17) is 10.5 Å². The van der Waals surface area contributed by atoms with E-state index in [9.17, 15) is 0 Å². The molecule has 0 saturated heterocycles. The minimum absolute atomic E-state index is 0.583. The monoisotopic (exact) mass is 268 g/mol. The molecule has 0 saturated carbocycles. The van der Waals surface area contributed by atoms with Gasteiger partial charge in [-0.05, 0) is 42.0 Å². The third kappa shape index (κ3) is 2.74. The first-order valence-corrected chi connectivity index (χ1v) is 6.67. The molecule has 0 fully saturated rings. The highest BCUT2D eigenvalue weighted by Gasteiger charge is 2.03. The smallest absolute Gasteiger partial charge is 0.180 e. The summed E-state index contributed by atoms with van der Waals surface area (Å²) in [5.41, 5.74) is 6.72. The molecule has 2 N–H and O–H groups in total. The molecule has 19 heavy (non-hydrogen) atoms. The summed E-state index contributed by atoms with van der Waals surface area (Å²) in [6.07, 6.45) is 1.78. The molecular weight excluding hydrogens is 256 g/mol. The number of ether oxygens (including phenoxy) is 1. The Labute approximate surface area is 115 Å². The number of rotatable bonds is 3. The minimum atomic E-state index is 0.583. The van der Waals surface area contributed by atoms with Gasteiger partial charge in [-0.2, -0.15) is 0 Å². The topological polar surface area (TPSA) is 48.1 Å². The Balaban J connectivity index is 1.79. The van der Waals surface area contributed by atoms with E-state index in [0.717, 1.165) is 21.9 Å². The van der Waals surface area contributed by atoms with Gasteiger partial charge in [-0.3, -0.25) is 0 Å². The molecule has 3 aromatic rings. The summed E-state index contributed by atoms with van der Waals surface area (Å²) in [6, 6.07) is 17.6. The number of para-hydroxylation sites is 1. The second-order valence-corrected chi connectivity index (χ2v) is 5.06. The predicted molar refractivity (Wildman–Crippen MR) is 78.5 cm³/mol. The van der Waals surface area contributed by atoms with Gasteiger partial charge in [0, 0.05) is 6.20 Å². The zero-order chi connectivity index (χ0) is 13.1. The molecular formula is C15H12N2OS. The Bertz CT molecular complexity index is 662. The van der Waals surface area contributed by atoms with E-state index >= 15 is 0 Å². The minimum Gasteiger partial charge on any atom is -0.457 e. The normalized spacial score (nSPS) is 10.3. The summed E-state index contributed by atoms with van der Waals surface area (Å²) in [5.74, 6) is 1.64. The summed E-state index contributed by atoms with van der Waals surface area (Å²) < 4.78 is 5.74. The maximum atomic E-state index is 5.74. The fourth-order valence-electron chi connectivity index (χ4n) is 1.73. The highest BCUT2D eigenvalue weighted by Crippen LogP contribution is 2.29. The van der Waals surface area contributed by atoms with E-state index in [1.54, 1.807) is 6.20 Å². The fourth-order valence-corrected chi connectivity index (χ4v) is 2.42. The van der Waals surface area contributed by atoms with Gasteiger partial charge in [-0.1, -0.05) is 29.5 Å². The lowest BCUT2D eigenvalue weighted by Crippen LogP contribution is -1.83. The summed E-state index contributed by atoms with van der Waals surface area (Å²) in [4.78, 5) is 5.11. The zero-order valence-corrected chi connectivity index (χ0v) is 10.9. The summed E-state index contributed by atoms with van der Waals surface area (Å²) >= 11 is 1.48. The van der Waals surface area contributed by atoms with E-state index in [1.807, 2.05) is 54.6 Å². The predicted octanol–water partition coefficient (Wildman–Crippen LogP) is 4.18. The number of thiazole rings is 1. The Morgan fingerprint density at radius 2 is 1.58 bits per heavy atom. The van der Waals surface area contributed by atoms with Crippen molar-refractivity contribution >= 4 is 16.5 Å². The third-order valence-corrected chi connectivity index (χ3v) is 3.52. The molecule has 0 aliphatic heterocycles. The van der Waals surface area contributed by atoms with Crippen LogP contribution in [-0.4, -0.2) is 4.98 Å². The van der Waals surface area contributed by atoms with Gasteiger partial charge in [0.15, 0.2) is 5.13 Å². The van der Waals surface area contributed by atoms with Crippen LogP contribution in [0.2, 0.25) is 0 Å². The highest BCUT2D eigenvalue weighted by molar-refractivity contribution is 7.18. The molecule has 0 spiro atoms. The van der Waals surface area contributed by atoms with Crippen LogP contribution in [0, 0.1) is 0 Å². The van der Waals surface area contributed by atoms with Gasteiger partial charge >= 0.3 is 0 Å². The Morgan fingerprint density at radius 3 is 2.21 bits per heavy atom. The van der Waals surface area contributed by atoms with E-state index in [1.165, 1.54) is 11.3 Å². The molecule has 3 rings (SSSR count). The molecule has 0 unspecified atom stereocenters. The van der Waals surface area contributed by atoms with Crippen molar-refractivity contribution in [2.45, 2.75) is 0 Å². The van der Waals surface area contributed by atoms with Gasteiger partial charge in [0.1, 0.15) is 11.5 Å². The van der Waals surface area contributed by atoms with Gasteiger partial charge in [0.25, 0.3) is 0 Å². The van der Waals surface area contributed by atoms with Crippen LogP contribution in [0.1, 0.15) is 0 Å². The first-order chi connectivity index (χ1) is 9.31. The summed E-state index contributed by atoms with van der Waals surface area (Å²) in [7, 11) is 0. The molecule has 1 aromatic heterocycles. The van der Waals surface area contributed by atoms with Crippen LogP contribution in [0.15, 0.2) is 60.8 Å². The Hall–Kier alpha value is -2.33. The first kappa shape index (κ1) is 11.7. The average molecular weight is 268 g/mol. The molecule has 0 aliphatic rings. The summed E-state index contributed by atoms with van der Waals surface area (Å²) in [5, 5.41) is 0.583. The van der Waals surface area contributed by atoms with Crippen LogP contribution in [-0.2, 0) is 0 Å². The van der Waals surface area contributed by atoms with E-state index < -0.39 is 0 Å². The number of nitrogens with two attached hydrogens (primary N) is 1. The fraction of sp³-hybridized carbons (Fsp3) is 0. The van der Waals surface area contributed by atoms with Gasteiger partial charge in [-0.15, -0.1) is 0 Å². The van der Waals surface area contributed by atoms with Crippen molar-refractivity contribution in [3.05, 3.63) is 60.8 Å². The van der Waals surface area contributed by atoms with Crippen LogP contribution >= 0.6 is 11.3 Å². The van der Waals surface area contributed by atoms with Gasteiger partial charge in [-0.25, -0.2) is 4.98 Å². The molecule has 2 aromatic carbocycles. The van der Waals surface area contributed by atoms with Crippen LogP contribution in [0.3, 0.4) is 0 Å². The maximum absolute atomic E-state index is 5.74. The second kappa shape index (κ2) is 5.12. The van der Waals surface area contributed by atoms with Crippen molar-refractivity contribution in [2.75, 3.05) is 5.73 Å². The standard InChI is InChI=1S/C15H12N2OS/c16-15-17-10-14(19-15)11-6-8-13(9-7-11)18-12-4-2-1-3-5-12/h1-10H,(H2,16,17). The van der Waals surface area contributed by atoms with Crippen molar-refractivity contribution in [3.8, 4) is 21.9 Å². The number of benzene rings is 2. The molecule has 0 radical (unpaired) electrons. The lowest BCUT2D eigenvalue weighted by molar-refractivity contribution is 0.483. The van der Waals surface area contributed by atoms with Crippen molar-refractivity contribution in [1.82, 2.24) is 4.98 Å². The Kier molecular flexibility index (Phi) is 3.16. The van der Waals surface area contributed by atoms with Crippen molar-refractivity contribution in [3.63, 3.8) is 0 Å². The van der Waals surface area contributed by atoms with Crippen molar-refractivity contribution in [1.29, 1.82) is 0 Å². The molecule has 0 bridgehead atoms. The number of hydrogen-bond acceptors (Lipinski definition) is 4. The number of aromatic nitrogens is 1. The van der Waals surface area contributed by atoms with Gasteiger partial charge < -0.3 is 10.5 Å². The number of hydrogen-bond donors (Lipinski definition) is 1. The largest absolute Gasteiger partial charge is 0.457 e. The maximum Gasteiger partial charge on any atom is 0.180 e. The second-order valence-electron chi connectivity index (χ2n) is 4.00. The molecule has 94 valence electrons. The van der Waals surface area contributed by atoms with Crippen LogP contribution < -0.4 is 10.5 Å².